The third-order valence-electron chi connectivity index (χ3n) is 2.86. The lowest BCUT2D eigenvalue weighted by Crippen LogP contribution is -2.38. The van der Waals surface area contributed by atoms with Gasteiger partial charge < -0.3 is 4.90 Å². The maximum absolute atomic E-state index is 13.4. The van der Waals surface area contributed by atoms with Crippen LogP contribution in [-0.4, -0.2) is 35.9 Å². The van der Waals surface area contributed by atoms with Crippen LogP contribution in [0, 0.1) is 5.82 Å². The SMILES string of the molecule is CCC(CSC)N(C)C(=O)c1ccc(Br)c(F)c1. The Morgan fingerprint density at radius 1 is 1.56 bits per heavy atom. The molecule has 1 amide bonds. The van der Waals surface area contributed by atoms with Crippen molar-refractivity contribution in [2.75, 3.05) is 19.1 Å². The monoisotopic (exact) mass is 333 g/mol. The highest BCUT2D eigenvalue weighted by Gasteiger charge is 2.20. The number of nitrogens with zero attached hydrogens (tertiary/aromatic N) is 1. The summed E-state index contributed by atoms with van der Waals surface area (Å²) in [6.07, 6.45) is 2.91. The number of amides is 1. The molecule has 1 atom stereocenters. The van der Waals surface area contributed by atoms with Gasteiger partial charge in [-0.2, -0.15) is 11.8 Å². The van der Waals surface area contributed by atoms with Crippen molar-refractivity contribution in [1.82, 2.24) is 4.90 Å². The van der Waals surface area contributed by atoms with E-state index < -0.39 is 5.82 Å². The standard InChI is InChI=1S/C13H17BrFNOS/c1-4-10(8-18-3)16(2)13(17)9-5-6-11(14)12(15)7-9/h5-7,10H,4,8H2,1-3H3. The second-order valence-corrected chi connectivity index (χ2v) is 5.83. The molecular formula is C13H17BrFNOS. The molecule has 1 aromatic carbocycles. The van der Waals surface area contributed by atoms with Gasteiger partial charge in [-0.15, -0.1) is 0 Å². The van der Waals surface area contributed by atoms with Gasteiger partial charge in [0.05, 0.1) is 4.47 Å². The average Bonchev–Trinajstić information content (AvgIpc) is 2.37. The van der Waals surface area contributed by atoms with Crippen LogP contribution in [0.25, 0.3) is 0 Å². The largest absolute Gasteiger partial charge is 0.338 e. The maximum atomic E-state index is 13.4. The zero-order valence-corrected chi connectivity index (χ0v) is 13.1. The van der Waals surface area contributed by atoms with Crippen LogP contribution < -0.4 is 0 Å². The van der Waals surface area contributed by atoms with E-state index in [0.29, 0.717) is 10.0 Å². The van der Waals surface area contributed by atoms with Gasteiger partial charge in [0.25, 0.3) is 5.91 Å². The number of benzene rings is 1. The number of hydrogen-bond acceptors (Lipinski definition) is 2. The van der Waals surface area contributed by atoms with Gasteiger partial charge in [-0.1, -0.05) is 6.92 Å². The summed E-state index contributed by atoms with van der Waals surface area (Å²) < 4.78 is 13.8. The summed E-state index contributed by atoms with van der Waals surface area (Å²) in [6.45, 7) is 2.05. The molecule has 0 aliphatic heterocycles. The Bertz CT molecular complexity index is 427. The number of carbonyl (C=O) groups excluding carboxylic acids is 1. The fourth-order valence-electron chi connectivity index (χ4n) is 1.69. The van der Waals surface area contributed by atoms with Gasteiger partial charge in [0.2, 0.25) is 0 Å². The average molecular weight is 334 g/mol. The molecule has 0 bridgehead atoms. The lowest BCUT2D eigenvalue weighted by Gasteiger charge is -2.26. The lowest BCUT2D eigenvalue weighted by atomic mass is 10.1. The molecule has 0 saturated heterocycles. The van der Waals surface area contributed by atoms with Gasteiger partial charge in [0.15, 0.2) is 0 Å². The molecular weight excluding hydrogens is 317 g/mol. The van der Waals surface area contributed by atoms with Crippen molar-refractivity contribution in [1.29, 1.82) is 0 Å². The first-order valence-electron chi connectivity index (χ1n) is 5.72. The fraction of sp³-hybridized carbons (Fsp3) is 0.462. The molecule has 0 N–H and O–H groups in total. The van der Waals surface area contributed by atoms with Crippen LogP contribution >= 0.6 is 27.7 Å². The predicted octanol–water partition coefficient (Wildman–Crippen LogP) is 3.80. The van der Waals surface area contributed by atoms with Gasteiger partial charge in [-0.05, 0) is 46.8 Å². The van der Waals surface area contributed by atoms with Crippen molar-refractivity contribution in [2.24, 2.45) is 0 Å². The summed E-state index contributed by atoms with van der Waals surface area (Å²) in [4.78, 5) is 13.9. The van der Waals surface area contributed by atoms with Crippen LogP contribution in [0.2, 0.25) is 0 Å². The summed E-state index contributed by atoms with van der Waals surface area (Å²) in [6, 6.07) is 4.65. The highest BCUT2D eigenvalue weighted by molar-refractivity contribution is 9.10. The van der Waals surface area contributed by atoms with E-state index >= 15 is 0 Å². The molecule has 5 heteroatoms. The number of carbonyl (C=O) groups is 1. The zero-order chi connectivity index (χ0) is 13.7. The van der Waals surface area contributed by atoms with E-state index in [1.807, 2.05) is 13.2 Å². The van der Waals surface area contributed by atoms with Crippen LogP contribution in [0.5, 0.6) is 0 Å². The second-order valence-electron chi connectivity index (χ2n) is 4.06. The van der Waals surface area contributed by atoms with Crippen LogP contribution in [0.15, 0.2) is 22.7 Å². The van der Waals surface area contributed by atoms with Crippen LogP contribution in [0.4, 0.5) is 4.39 Å². The van der Waals surface area contributed by atoms with E-state index in [4.69, 9.17) is 0 Å². The van der Waals surface area contributed by atoms with E-state index in [2.05, 4.69) is 15.9 Å². The zero-order valence-electron chi connectivity index (χ0n) is 10.7. The van der Waals surface area contributed by atoms with Crippen LogP contribution in [-0.2, 0) is 0 Å². The molecule has 0 aromatic heterocycles. The number of hydrogen-bond donors (Lipinski definition) is 0. The Morgan fingerprint density at radius 3 is 2.72 bits per heavy atom. The molecule has 100 valence electrons. The normalized spacial score (nSPS) is 12.3. The maximum Gasteiger partial charge on any atom is 0.253 e. The first-order valence-corrected chi connectivity index (χ1v) is 7.91. The minimum Gasteiger partial charge on any atom is -0.338 e. The molecule has 18 heavy (non-hydrogen) atoms. The van der Waals surface area contributed by atoms with Gasteiger partial charge in [-0.3, -0.25) is 4.79 Å². The van der Waals surface area contributed by atoms with Crippen molar-refractivity contribution in [3.8, 4) is 0 Å². The molecule has 1 rings (SSSR count). The highest BCUT2D eigenvalue weighted by Crippen LogP contribution is 2.18. The molecule has 1 unspecified atom stereocenters. The molecule has 2 nitrogen and oxygen atoms in total. The quantitative estimate of drug-likeness (QED) is 0.816. The molecule has 0 heterocycles. The van der Waals surface area contributed by atoms with E-state index in [1.54, 1.807) is 35.8 Å². The fourth-order valence-corrected chi connectivity index (χ4v) is 2.79. The first-order chi connectivity index (χ1) is 8.51. The smallest absolute Gasteiger partial charge is 0.253 e. The molecule has 0 saturated carbocycles. The van der Waals surface area contributed by atoms with Crippen LogP contribution in [0.3, 0.4) is 0 Å². The number of halogens is 2. The predicted molar refractivity (Wildman–Crippen MR) is 78.7 cm³/mol. The molecule has 0 radical (unpaired) electrons. The summed E-state index contributed by atoms with van der Waals surface area (Å²) in [5.41, 5.74) is 0.387. The minimum absolute atomic E-state index is 0.137. The second kappa shape index (κ2) is 7.14. The van der Waals surface area contributed by atoms with E-state index in [1.165, 1.54) is 6.07 Å². The Labute approximate surface area is 120 Å². The Hall–Kier alpha value is -0.550. The number of thioether (sulfide) groups is 1. The third-order valence-corrected chi connectivity index (χ3v) is 4.23. The Kier molecular flexibility index (Phi) is 6.15. The Morgan fingerprint density at radius 2 is 2.22 bits per heavy atom. The minimum atomic E-state index is -0.410. The van der Waals surface area contributed by atoms with Crippen molar-refractivity contribution in [3.05, 3.63) is 34.1 Å². The van der Waals surface area contributed by atoms with E-state index in [0.717, 1.165) is 12.2 Å². The van der Waals surface area contributed by atoms with Crippen molar-refractivity contribution >= 4 is 33.6 Å². The third kappa shape index (κ3) is 3.72. The molecule has 0 spiro atoms. The van der Waals surface area contributed by atoms with E-state index in [-0.39, 0.29) is 11.9 Å². The van der Waals surface area contributed by atoms with Gasteiger partial charge in [0, 0.05) is 24.4 Å². The highest BCUT2D eigenvalue weighted by atomic mass is 79.9. The molecule has 1 aromatic rings. The Balaban J connectivity index is 2.88. The van der Waals surface area contributed by atoms with Gasteiger partial charge in [-0.25, -0.2) is 4.39 Å². The summed E-state index contributed by atoms with van der Waals surface area (Å²) in [7, 11) is 1.77. The summed E-state index contributed by atoms with van der Waals surface area (Å²) in [5.74, 6) is 0.340. The molecule has 0 fully saturated rings. The molecule has 0 aliphatic carbocycles. The lowest BCUT2D eigenvalue weighted by molar-refractivity contribution is 0.0743. The van der Waals surface area contributed by atoms with E-state index in [9.17, 15) is 9.18 Å². The van der Waals surface area contributed by atoms with Crippen molar-refractivity contribution < 1.29 is 9.18 Å². The first kappa shape index (κ1) is 15.5. The summed E-state index contributed by atoms with van der Waals surface area (Å²) in [5, 5.41) is 0. The summed E-state index contributed by atoms with van der Waals surface area (Å²) >= 11 is 4.79. The van der Waals surface area contributed by atoms with Gasteiger partial charge >= 0.3 is 0 Å². The van der Waals surface area contributed by atoms with Gasteiger partial charge in [0.1, 0.15) is 5.82 Å². The molecule has 0 aliphatic rings. The van der Waals surface area contributed by atoms with Crippen molar-refractivity contribution in [2.45, 2.75) is 19.4 Å². The van der Waals surface area contributed by atoms with Crippen LogP contribution in [0.1, 0.15) is 23.7 Å². The number of rotatable bonds is 5. The van der Waals surface area contributed by atoms with Crippen molar-refractivity contribution in [3.63, 3.8) is 0 Å². The topological polar surface area (TPSA) is 20.3 Å².